The maximum absolute atomic E-state index is 11.9. The number of phenols is 2. The molecule has 4 nitrogen and oxygen atoms in total. The first-order valence-corrected chi connectivity index (χ1v) is 5.54. The van der Waals surface area contributed by atoms with E-state index in [1.54, 1.807) is 0 Å². The first-order chi connectivity index (χ1) is 8.18. The highest BCUT2D eigenvalue weighted by Gasteiger charge is 2.23. The van der Waals surface area contributed by atoms with E-state index in [9.17, 15) is 15.0 Å². The van der Waals surface area contributed by atoms with Gasteiger partial charge in [0.25, 0.3) is 0 Å². The Balaban J connectivity index is 2.48. The summed E-state index contributed by atoms with van der Waals surface area (Å²) in [6, 6.07) is 2.80. The molecule has 17 heavy (non-hydrogen) atoms. The number of rotatable bonds is 0. The zero-order chi connectivity index (χ0) is 12.0. The van der Waals surface area contributed by atoms with Crippen molar-refractivity contribution in [1.82, 2.24) is 4.98 Å². The van der Waals surface area contributed by atoms with Crippen LogP contribution >= 0.6 is 0 Å². The van der Waals surface area contributed by atoms with Crippen molar-refractivity contribution in [3.05, 3.63) is 29.6 Å². The lowest BCUT2D eigenvalue weighted by Crippen LogP contribution is -2.13. The van der Waals surface area contributed by atoms with E-state index in [-0.39, 0.29) is 17.3 Å². The minimum Gasteiger partial charge on any atom is -0.507 e. The van der Waals surface area contributed by atoms with E-state index < -0.39 is 0 Å². The number of carbonyl (C=O) groups is 1. The van der Waals surface area contributed by atoms with E-state index in [2.05, 4.69) is 4.98 Å². The summed E-state index contributed by atoms with van der Waals surface area (Å²) in [7, 11) is 0. The standard InChI is InChI=1S/C13H11NO3/c15-9-4-5-11(17)12-7(9)6-14-8-2-1-3-10(16)13(8)12/h4-6,15,17H,1-3H2. The molecule has 0 radical (unpaired) electrons. The summed E-state index contributed by atoms with van der Waals surface area (Å²) in [6.07, 6.45) is 3.53. The van der Waals surface area contributed by atoms with Crippen LogP contribution in [0.5, 0.6) is 11.5 Å². The second-order valence-corrected chi connectivity index (χ2v) is 4.25. The Morgan fingerprint density at radius 2 is 1.88 bits per heavy atom. The first kappa shape index (κ1) is 10.1. The van der Waals surface area contributed by atoms with E-state index in [0.717, 1.165) is 18.5 Å². The van der Waals surface area contributed by atoms with Gasteiger partial charge < -0.3 is 10.2 Å². The highest BCUT2D eigenvalue weighted by Crippen LogP contribution is 2.37. The molecule has 1 aromatic carbocycles. The molecule has 0 fully saturated rings. The number of aromatic nitrogens is 1. The van der Waals surface area contributed by atoms with Crippen molar-refractivity contribution < 1.29 is 15.0 Å². The minimum atomic E-state index is -0.00903. The monoisotopic (exact) mass is 229 g/mol. The van der Waals surface area contributed by atoms with Gasteiger partial charge >= 0.3 is 0 Å². The average molecular weight is 229 g/mol. The van der Waals surface area contributed by atoms with Crippen molar-refractivity contribution in [2.24, 2.45) is 0 Å². The summed E-state index contributed by atoms with van der Waals surface area (Å²) in [5.41, 5.74) is 1.19. The van der Waals surface area contributed by atoms with E-state index in [0.29, 0.717) is 22.8 Å². The second kappa shape index (κ2) is 3.45. The number of aryl methyl sites for hydroxylation is 1. The third-order valence-corrected chi connectivity index (χ3v) is 3.18. The van der Waals surface area contributed by atoms with Crippen molar-refractivity contribution >= 4 is 16.6 Å². The summed E-state index contributed by atoms with van der Waals surface area (Å²) < 4.78 is 0. The van der Waals surface area contributed by atoms with Crippen LogP contribution in [0.15, 0.2) is 18.3 Å². The summed E-state index contributed by atoms with van der Waals surface area (Å²) in [6.45, 7) is 0. The summed E-state index contributed by atoms with van der Waals surface area (Å²) in [4.78, 5) is 16.1. The Morgan fingerprint density at radius 1 is 1.12 bits per heavy atom. The number of hydrogen-bond donors (Lipinski definition) is 2. The fraction of sp³-hybridized carbons (Fsp3) is 0.231. The SMILES string of the molecule is O=C1CCCc2ncc3c(O)ccc(O)c3c21. The smallest absolute Gasteiger partial charge is 0.165 e. The molecule has 1 heterocycles. The Hall–Kier alpha value is -2.10. The predicted molar refractivity (Wildman–Crippen MR) is 62.3 cm³/mol. The molecule has 1 aliphatic rings. The van der Waals surface area contributed by atoms with Crippen LogP contribution in [0.4, 0.5) is 0 Å². The third-order valence-electron chi connectivity index (χ3n) is 3.18. The lowest BCUT2D eigenvalue weighted by atomic mass is 9.90. The Kier molecular flexibility index (Phi) is 2.04. The number of fused-ring (bicyclic) bond motifs is 3. The number of Topliss-reactive ketones (excluding diaryl/α,β-unsaturated/α-hetero) is 1. The largest absolute Gasteiger partial charge is 0.507 e. The molecule has 1 aromatic heterocycles. The van der Waals surface area contributed by atoms with E-state index in [1.165, 1.54) is 18.3 Å². The number of nitrogens with zero attached hydrogens (tertiary/aromatic N) is 1. The van der Waals surface area contributed by atoms with Gasteiger partial charge in [-0.25, -0.2) is 0 Å². The van der Waals surface area contributed by atoms with Crippen molar-refractivity contribution in [2.45, 2.75) is 19.3 Å². The summed E-state index contributed by atoms with van der Waals surface area (Å²) in [5.74, 6) is 0.0448. The molecule has 0 saturated carbocycles. The van der Waals surface area contributed by atoms with Gasteiger partial charge in [0, 0.05) is 23.4 Å². The van der Waals surface area contributed by atoms with E-state index >= 15 is 0 Å². The number of carbonyl (C=O) groups excluding carboxylic acids is 1. The van der Waals surface area contributed by atoms with Gasteiger partial charge in [-0.15, -0.1) is 0 Å². The zero-order valence-corrected chi connectivity index (χ0v) is 9.10. The topological polar surface area (TPSA) is 70.4 Å². The molecule has 2 N–H and O–H groups in total. The number of ketones is 1. The molecule has 0 saturated heterocycles. The van der Waals surface area contributed by atoms with Gasteiger partial charge in [0.2, 0.25) is 0 Å². The highest BCUT2D eigenvalue weighted by molar-refractivity contribution is 6.12. The first-order valence-electron chi connectivity index (χ1n) is 5.54. The van der Waals surface area contributed by atoms with Gasteiger partial charge in [-0.2, -0.15) is 0 Å². The van der Waals surface area contributed by atoms with Crippen LogP contribution in [-0.4, -0.2) is 21.0 Å². The normalized spacial score (nSPS) is 14.9. The van der Waals surface area contributed by atoms with Gasteiger partial charge in [0.05, 0.1) is 11.3 Å². The number of hydrogen-bond acceptors (Lipinski definition) is 4. The molecule has 0 aliphatic heterocycles. The lowest BCUT2D eigenvalue weighted by molar-refractivity contribution is 0.0973. The molecule has 0 bridgehead atoms. The van der Waals surface area contributed by atoms with Crippen LogP contribution in [0.2, 0.25) is 0 Å². The number of pyridine rings is 1. The molecule has 0 amide bonds. The predicted octanol–water partition coefficient (Wildman–Crippen LogP) is 2.17. The maximum atomic E-state index is 11.9. The third kappa shape index (κ3) is 1.37. The Labute approximate surface area is 97.5 Å². The van der Waals surface area contributed by atoms with Crippen LogP contribution < -0.4 is 0 Å². The quantitative estimate of drug-likeness (QED) is 0.679. The van der Waals surface area contributed by atoms with Crippen molar-refractivity contribution in [3.8, 4) is 11.5 Å². The molecular formula is C13H11NO3. The summed E-state index contributed by atoms with van der Waals surface area (Å²) >= 11 is 0. The van der Waals surface area contributed by atoms with Gasteiger partial charge in [0.15, 0.2) is 5.78 Å². The lowest BCUT2D eigenvalue weighted by Gasteiger charge is -2.16. The van der Waals surface area contributed by atoms with Gasteiger partial charge in [-0.3, -0.25) is 9.78 Å². The molecule has 86 valence electrons. The Morgan fingerprint density at radius 3 is 2.71 bits per heavy atom. The number of benzene rings is 1. The molecule has 0 spiro atoms. The average Bonchev–Trinajstić information content (AvgIpc) is 2.33. The van der Waals surface area contributed by atoms with E-state index in [1.807, 2.05) is 0 Å². The van der Waals surface area contributed by atoms with Crippen LogP contribution in [0.25, 0.3) is 10.8 Å². The van der Waals surface area contributed by atoms with Crippen LogP contribution in [0, 0.1) is 0 Å². The number of phenolic OH excluding ortho intramolecular Hbond substituents is 2. The maximum Gasteiger partial charge on any atom is 0.165 e. The fourth-order valence-electron chi connectivity index (χ4n) is 2.37. The van der Waals surface area contributed by atoms with Crippen LogP contribution in [0.1, 0.15) is 28.9 Å². The van der Waals surface area contributed by atoms with Crippen molar-refractivity contribution in [2.75, 3.05) is 0 Å². The van der Waals surface area contributed by atoms with E-state index in [4.69, 9.17) is 0 Å². The van der Waals surface area contributed by atoms with Crippen LogP contribution in [0.3, 0.4) is 0 Å². The van der Waals surface area contributed by atoms with Gasteiger partial charge in [0.1, 0.15) is 11.5 Å². The van der Waals surface area contributed by atoms with Crippen LogP contribution in [-0.2, 0) is 6.42 Å². The molecule has 4 heteroatoms. The zero-order valence-electron chi connectivity index (χ0n) is 9.10. The molecule has 0 atom stereocenters. The van der Waals surface area contributed by atoms with Gasteiger partial charge in [-0.1, -0.05) is 0 Å². The number of aromatic hydroxyl groups is 2. The van der Waals surface area contributed by atoms with Crippen molar-refractivity contribution in [1.29, 1.82) is 0 Å². The molecule has 0 unspecified atom stereocenters. The highest BCUT2D eigenvalue weighted by atomic mass is 16.3. The van der Waals surface area contributed by atoms with Gasteiger partial charge in [-0.05, 0) is 25.0 Å². The second-order valence-electron chi connectivity index (χ2n) is 4.25. The Bertz CT molecular complexity index is 634. The molecule has 3 rings (SSSR count). The molecular weight excluding hydrogens is 218 g/mol. The minimum absolute atomic E-state index is 0.00903. The van der Waals surface area contributed by atoms with Crippen molar-refractivity contribution in [3.63, 3.8) is 0 Å². The fourth-order valence-corrected chi connectivity index (χ4v) is 2.37. The molecule has 1 aliphatic carbocycles. The molecule has 2 aromatic rings. The summed E-state index contributed by atoms with van der Waals surface area (Å²) in [5, 5.41) is 20.5.